The lowest BCUT2D eigenvalue weighted by Crippen LogP contribution is -2.37. The summed E-state index contributed by atoms with van der Waals surface area (Å²) in [7, 11) is 1.02. The number of ketones is 1. The molecule has 6 heteroatoms. The molecule has 0 fully saturated rings. The lowest BCUT2D eigenvalue weighted by Gasteiger charge is -2.29. The first-order valence-electron chi connectivity index (χ1n) is 6.88. The van der Waals surface area contributed by atoms with Crippen molar-refractivity contribution in [1.82, 2.24) is 5.06 Å². The number of likely N-dealkylation sites (N-methyl/N-ethyl adjacent to an activating group) is 1. The first-order chi connectivity index (χ1) is 10.8. The molecule has 1 unspecified atom stereocenters. The molecule has 120 valence electrons. The molecular formula is C17H16FNO4. The van der Waals surface area contributed by atoms with Crippen molar-refractivity contribution >= 4 is 11.7 Å². The third-order valence-corrected chi connectivity index (χ3v) is 3.50. The van der Waals surface area contributed by atoms with E-state index in [4.69, 9.17) is 5.21 Å². The number of hydroxylamine groups is 2. The van der Waals surface area contributed by atoms with Gasteiger partial charge in [-0.3, -0.25) is 14.8 Å². The average Bonchev–Trinajstić information content (AvgIpc) is 2.54. The molecule has 2 rings (SSSR count). The van der Waals surface area contributed by atoms with Crippen molar-refractivity contribution in [2.75, 3.05) is 7.05 Å². The van der Waals surface area contributed by atoms with Crippen molar-refractivity contribution in [2.45, 2.75) is 12.0 Å². The quantitative estimate of drug-likeness (QED) is 0.501. The second-order valence-electron chi connectivity index (χ2n) is 5.17. The molecule has 0 aliphatic rings. The van der Waals surface area contributed by atoms with Crippen LogP contribution in [0.25, 0.3) is 0 Å². The smallest absolute Gasteiger partial charge is 0.313 e. The lowest BCUT2D eigenvalue weighted by molar-refractivity contribution is -0.166. The Morgan fingerprint density at radius 3 is 2.26 bits per heavy atom. The molecule has 0 radical (unpaired) electrons. The zero-order valence-corrected chi connectivity index (χ0v) is 12.4. The number of rotatable bonds is 5. The van der Waals surface area contributed by atoms with Gasteiger partial charge in [0.1, 0.15) is 11.4 Å². The largest absolute Gasteiger partial charge is 0.380 e. The molecule has 2 aromatic carbocycles. The van der Waals surface area contributed by atoms with Gasteiger partial charge in [0, 0.05) is 7.05 Å². The van der Waals surface area contributed by atoms with Crippen molar-refractivity contribution in [1.29, 1.82) is 0 Å². The number of aliphatic hydroxyl groups is 1. The predicted molar refractivity (Wildman–Crippen MR) is 80.0 cm³/mol. The number of halogens is 1. The summed E-state index contributed by atoms with van der Waals surface area (Å²) in [6.07, 6.45) is -0.621. The predicted octanol–water partition coefficient (Wildman–Crippen LogP) is 1.87. The van der Waals surface area contributed by atoms with Gasteiger partial charge in [0.15, 0.2) is 0 Å². The molecule has 0 aromatic heterocycles. The van der Waals surface area contributed by atoms with Crippen LogP contribution in [0.15, 0.2) is 54.6 Å². The van der Waals surface area contributed by atoms with E-state index in [1.165, 1.54) is 18.2 Å². The molecule has 0 spiro atoms. The highest BCUT2D eigenvalue weighted by Gasteiger charge is 2.37. The van der Waals surface area contributed by atoms with Crippen molar-refractivity contribution < 1.29 is 24.3 Å². The van der Waals surface area contributed by atoms with E-state index in [2.05, 4.69) is 0 Å². The second-order valence-corrected chi connectivity index (χ2v) is 5.17. The van der Waals surface area contributed by atoms with E-state index in [0.717, 1.165) is 13.1 Å². The molecule has 0 aliphatic heterocycles. The van der Waals surface area contributed by atoms with E-state index in [9.17, 15) is 19.1 Å². The van der Waals surface area contributed by atoms with Gasteiger partial charge >= 0.3 is 5.91 Å². The molecule has 0 heterocycles. The molecular weight excluding hydrogens is 301 g/mol. The molecule has 1 amide bonds. The summed E-state index contributed by atoms with van der Waals surface area (Å²) >= 11 is 0. The van der Waals surface area contributed by atoms with Gasteiger partial charge in [-0.1, -0.05) is 42.5 Å². The molecule has 5 nitrogen and oxygen atoms in total. The molecule has 2 aromatic rings. The highest BCUT2D eigenvalue weighted by atomic mass is 19.1. The Hall–Kier alpha value is -2.57. The highest BCUT2D eigenvalue weighted by Crippen LogP contribution is 2.33. The average molecular weight is 317 g/mol. The van der Waals surface area contributed by atoms with E-state index in [0.29, 0.717) is 5.56 Å². The monoisotopic (exact) mass is 317 g/mol. The van der Waals surface area contributed by atoms with Gasteiger partial charge in [-0.15, -0.1) is 0 Å². The van der Waals surface area contributed by atoms with Crippen molar-refractivity contribution in [3.8, 4) is 0 Å². The van der Waals surface area contributed by atoms with E-state index < -0.39 is 29.5 Å². The minimum Gasteiger partial charge on any atom is -0.380 e. The van der Waals surface area contributed by atoms with E-state index >= 15 is 0 Å². The Morgan fingerprint density at radius 2 is 1.70 bits per heavy atom. The third kappa shape index (κ3) is 3.61. The summed E-state index contributed by atoms with van der Waals surface area (Å²) in [5.74, 6) is -2.73. The van der Waals surface area contributed by atoms with Gasteiger partial charge in [-0.2, -0.15) is 0 Å². The standard InChI is InChI=1S/C17H16FNO4/c1-19(23)16(21)15(20)11-17(22,12-6-3-2-4-7-12)13-8-5-9-14(18)10-13/h2-10,22-23H,11H2,1H3. The minimum atomic E-state index is -1.88. The van der Waals surface area contributed by atoms with Crippen LogP contribution < -0.4 is 0 Å². The molecule has 0 saturated heterocycles. The summed E-state index contributed by atoms with van der Waals surface area (Å²) in [5, 5.41) is 20.3. The third-order valence-electron chi connectivity index (χ3n) is 3.50. The number of nitrogens with zero attached hydrogens (tertiary/aromatic N) is 1. The number of hydrogen-bond donors (Lipinski definition) is 2. The van der Waals surface area contributed by atoms with Crippen LogP contribution in [-0.4, -0.2) is 34.1 Å². The fourth-order valence-corrected chi connectivity index (χ4v) is 2.32. The number of hydrogen-bond acceptors (Lipinski definition) is 4. The maximum atomic E-state index is 13.5. The molecule has 23 heavy (non-hydrogen) atoms. The summed E-state index contributed by atoms with van der Waals surface area (Å²) < 4.78 is 13.5. The molecule has 2 N–H and O–H groups in total. The van der Waals surface area contributed by atoms with Gasteiger partial charge in [0.2, 0.25) is 5.78 Å². The number of carbonyl (C=O) groups is 2. The fourth-order valence-electron chi connectivity index (χ4n) is 2.32. The van der Waals surface area contributed by atoms with Crippen LogP contribution in [0, 0.1) is 5.82 Å². The Labute approximate surface area is 132 Å². The number of Topliss-reactive ketones (excluding diaryl/α,β-unsaturated/α-hetero) is 1. The Balaban J connectivity index is 2.48. The minimum absolute atomic E-state index is 0.144. The first kappa shape index (κ1) is 16.8. The van der Waals surface area contributed by atoms with Crippen LogP contribution in [0.3, 0.4) is 0 Å². The molecule has 1 atom stereocenters. The van der Waals surface area contributed by atoms with E-state index in [-0.39, 0.29) is 10.6 Å². The van der Waals surface area contributed by atoms with Crippen LogP contribution in [0.4, 0.5) is 4.39 Å². The zero-order valence-electron chi connectivity index (χ0n) is 12.4. The Bertz CT molecular complexity index is 718. The topological polar surface area (TPSA) is 77.8 Å². The van der Waals surface area contributed by atoms with Crippen molar-refractivity contribution in [2.24, 2.45) is 0 Å². The number of amides is 1. The van der Waals surface area contributed by atoms with Gasteiger partial charge in [0.05, 0.1) is 6.42 Å². The SMILES string of the molecule is CN(O)C(=O)C(=O)CC(O)(c1ccccc1)c1cccc(F)c1. The van der Waals surface area contributed by atoms with Gasteiger partial charge < -0.3 is 5.11 Å². The van der Waals surface area contributed by atoms with E-state index in [1.807, 2.05) is 0 Å². The Kier molecular flexibility index (Phi) is 4.88. The second kappa shape index (κ2) is 6.68. The Morgan fingerprint density at radius 1 is 1.09 bits per heavy atom. The van der Waals surface area contributed by atoms with Crippen LogP contribution in [0.1, 0.15) is 17.5 Å². The van der Waals surface area contributed by atoms with Crippen LogP contribution >= 0.6 is 0 Å². The summed E-state index contributed by atoms with van der Waals surface area (Å²) in [4.78, 5) is 23.6. The summed E-state index contributed by atoms with van der Waals surface area (Å²) in [6.45, 7) is 0. The molecule has 0 saturated carbocycles. The normalized spacial score (nSPS) is 13.2. The van der Waals surface area contributed by atoms with Crippen LogP contribution in [0.5, 0.6) is 0 Å². The van der Waals surface area contributed by atoms with Crippen LogP contribution in [0.2, 0.25) is 0 Å². The lowest BCUT2D eigenvalue weighted by atomic mass is 9.82. The summed E-state index contributed by atoms with van der Waals surface area (Å²) in [5.41, 5.74) is -1.40. The molecule has 0 aliphatic carbocycles. The fraction of sp³-hybridized carbons (Fsp3) is 0.176. The maximum absolute atomic E-state index is 13.5. The van der Waals surface area contributed by atoms with Crippen molar-refractivity contribution in [3.63, 3.8) is 0 Å². The summed E-state index contributed by atoms with van der Waals surface area (Å²) in [6, 6.07) is 13.4. The zero-order chi connectivity index (χ0) is 17.0. The molecule has 0 bridgehead atoms. The van der Waals surface area contributed by atoms with Crippen LogP contribution in [-0.2, 0) is 15.2 Å². The van der Waals surface area contributed by atoms with Gasteiger partial charge in [-0.25, -0.2) is 9.45 Å². The highest BCUT2D eigenvalue weighted by molar-refractivity contribution is 6.35. The van der Waals surface area contributed by atoms with Crippen molar-refractivity contribution in [3.05, 3.63) is 71.5 Å². The maximum Gasteiger partial charge on any atom is 0.313 e. The van der Waals surface area contributed by atoms with Gasteiger partial charge in [-0.05, 0) is 23.3 Å². The van der Waals surface area contributed by atoms with Gasteiger partial charge in [0.25, 0.3) is 0 Å². The first-order valence-corrected chi connectivity index (χ1v) is 6.88. The van der Waals surface area contributed by atoms with E-state index in [1.54, 1.807) is 30.3 Å². The number of benzene rings is 2. The number of carbonyl (C=O) groups excluding carboxylic acids is 2.